The summed E-state index contributed by atoms with van der Waals surface area (Å²) in [5.74, 6) is 1.04. The summed E-state index contributed by atoms with van der Waals surface area (Å²) in [6, 6.07) is 2.04. The molecule has 13 heavy (non-hydrogen) atoms. The van der Waals surface area contributed by atoms with Crippen molar-refractivity contribution >= 4 is 0 Å². The Kier molecular flexibility index (Phi) is 3.47. The van der Waals surface area contributed by atoms with Gasteiger partial charge in [0.15, 0.2) is 0 Å². The van der Waals surface area contributed by atoms with E-state index in [2.05, 4.69) is 16.4 Å². The van der Waals surface area contributed by atoms with Crippen molar-refractivity contribution in [2.24, 2.45) is 7.05 Å². The molecule has 0 saturated carbocycles. The number of nitriles is 1. The quantitative estimate of drug-likeness (QED) is 0.729. The van der Waals surface area contributed by atoms with E-state index in [1.807, 2.05) is 24.7 Å². The first-order chi connectivity index (χ1) is 6.24. The Morgan fingerprint density at radius 2 is 2.54 bits per heavy atom. The Morgan fingerprint density at radius 3 is 3.08 bits per heavy atom. The summed E-state index contributed by atoms with van der Waals surface area (Å²) >= 11 is 0. The zero-order chi connectivity index (χ0) is 9.68. The van der Waals surface area contributed by atoms with E-state index in [4.69, 9.17) is 5.26 Å². The second-order valence-electron chi connectivity index (χ2n) is 3.01. The third kappa shape index (κ3) is 2.88. The summed E-state index contributed by atoms with van der Waals surface area (Å²) in [6.07, 6.45) is 4.56. The average molecular weight is 178 g/mol. The van der Waals surface area contributed by atoms with Gasteiger partial charge >= 0.3 is 0 Å². The summed E-state index contributed by atoms with van der Waals surface area (Å²) in [5, 5.41) is 11.6. The van der Waals surface area contributed by atoms with Crippen LogP contribution < -0.4 is 5.32 Å². The Morgan fingerprint density at radius 1 is 1.77 bits per heavy atom. The van der Waals surface area contributed by atoms with E-state index in [1.165, 1.54) is 0 Å². The molecule has 1 rings (SSSR count). The van der Waals surface area contributed by atoms with Gasteiger partial charge in [0.2, 0.25) is 0 Å². The zero-order valence-corrected chi connectivity index (χ0v) is 7.99. The molecule has 4 heteroatoms. The highest BCUT2D eigenvalue weighted by molar-refractivity contribution is 4.93. The van der Waals surface area contributed by atoms with Crippen molar-refractivity contribution in [1.29, 1.82) is 5.26 Å². The van der Waals surface area contributed by atoms with Gasteiger partial charge in [-0.1, -0.05) is 0 Å². The van der Waals surface area contributed by atoms with Crippen LogP contribution in [0.5, 0.6) is 0 Å². The molecule has 0 bridgehead atoms. The molecule has 0 aliphatic carbocycles. The lowest BCUT2D eigenvalue weighted by molar-refractivity contribution is 0.620. The van der Waals surface area contributed by atoms with Crippen LogP contribution in [-0.2, 0) is 13.5 Å². The molecule has 0 radical (unpaired) electrons. The monoisotopic (exact) mass is 178 g/mol. The third-order valence-corrected chi connectivity index (χ3v) is 1.91. The van der Waals surface area contributed by atoms with E-state index < -0.39 is 0 Å². The SMILES string of the molecule is CC(C#N)NCCc1nccn1C. The summed E-state index contributed by atoms with van der Waals surface area (Å²) < 4.78 is 1.98. The lowest BCUT2D eigenvalue weighted by atomic mass is 10.3. The van der Waals surface area contributed by atoms with Crippen molar-refractivity contribution < 1.29 is 0 Å². The molecule has 1 atom stereocenters. The van der Waals surface area contributed by atoms with Crippen molar-refractivity contribution in [3.63, 3.8) is 0 Å². The topological polar surface area (TPSA) is 53.6 Å². The lowest BCUT2D eigenvalue weighted by Crippen LogP contribution is -2.27. The largest absolute Gasteiger partial charge is 0.338 e. The van der Waals surface area contributed by atoms with E-state index in [-0.39, 0.29) is 6.04 Å². The Bertz CT molecular complexity index is 297. The normalized spacial score (nSPS) is 12.4. The summed E-state index contributed by atoms with van der Waals surface area (Å²) in [5.41, 5.74) is 0. The fourth-order valence-electron chi connectivity index (χ4n) is 1.08. The molecule has 4 nitrogen and oxygen atoms in total. The highest BCUT2D eigenvalue weighted by Gasteiger charge is 2.00. The highest BCUT2D eigenvalue weighted by Crippen LogP contribution is 1.94. The van der Waals surface area contributed by atoms with Crippen LogP contribution in [0, 0.1) is 11.3 Å². The first kappa shape index (κ1) is 9.75. The van der Waals surface area contributed by atoms with E-state index in [0.29, 0.717) is 0 Å². The van der Waals surface area contributed by atoms with E-state index in [1.54, 1.807) is 6.20 Å². The first-order valence-corrected chi connectivity index (χ1v) is 4.33. The van der Waals surface area contributed by atoms with Gasteiger partial charge < -0.3 is 9.88 Å². The molecule has 0 aliphatic rings. The van der Waals surface area contributed by atoms with Crippen LogP contribution in [0.25, 0.3) is 0 Å². The van der Waals surface area contributed by atoms with Crippen molar-refractivity contribution in [3.05, 3.63) is 18.2 Å². The van der Waals surface area contributed by atoms with E-state index in [0.717, 1.165) is 18.8 Å². The minimum Gasteiger partial charge on any atom is -0.338 e. The molecular weight excluding hydrogens is 164 g/mol. The minimum absolute atomic E-state index is 0.0831. The number of aromatic nitrogens is 2. The molecule has 0 amide bonds. The van der Waals surface area contributed by atoms with Gasteiger partial charge in [0.1, 0.15) is 5.82 Å². The van der Waals surface area contributed by atoms with Gasteiger partial charge in [0.05, 0.1) is 12.1 Å². The van der Waals surface area contributed by atoms with Gasteiger partial charge in [-0.2, -0.15) is 5.26 Å². The van der Waals surface area contributed by atoms with Crippen LogP contribution in [0.2, 0.25) is 0 Å². The van der Waals surface area contributed by atoms with Crippen molar-refractivity contribution in [1.82, 2.24) is 14.9 Å². The standard InChI is InChI=1S/C9H14N4/c1-8(7-10)11-4-3-9-12-5-6-13(9)2/h5-6,8,11H,3-4H2,1-2H3. The van der Waals surface area contributed by atoms with Gasteiger partial charge in [0, 0.05) is 32.4 Å². The number of hydrogen-bond donors (Lipinski definition) is 1. The number of nitrogens with zero attached hydrogens (tertiary/aromatic N) is 3. The number of aryl methyl sites for hydroxylation is 1. The van der Waals surface area contributed by atoms with Crippen LogP contribution >= 0.6 is 0 Å². The third-order valence-electron chi connectivity index (χ3n) is 1.91. The molecule has 1 N–H and O–H groups in total. The van der Waals surface area contributed by atoms with E-state index >= 15 is 0 Å². The minimum atomic E-state index is -0.0831. The van der Waals surface area contributed by atoms with Crippen molar-refractivity contribution in [3.8, 4) is 6.07 Å². The molecule has 0 fully saturated rings. The Labute approximate surface area is 78.2 Å². The summed E-state index contributed by atoms with van der Waals surface area (Å²) in [6.45, 7) is 2.64. The predicted octanol–water partition coefficient (Wildman–Crippen LogP) is 0.464. The van der Waals surface area contributed by atoms with Crippen LogP contribution in [0.1, 0.15) is 12.7 Å². The highest BCUT2D eigenvalue weighted by atomic mass is 15.0. The molecule has 1 aromatic heterocycles. The molecule has 1 unspecified atom stereocenters. The summed E-state index contributed by atoms with van der Waals surface area (Å²) in [7, 11) is 1.97. The van der Waals surface area contributed by atoms with Crippen LogP contribution in [-0.4, -0.2) is 22.1 Å². The van der Waals surface area contributed by atoms with Crippen molar-refractivity contribution in [2.75, 3.05) is 6.54 Å². The zero-order valence-electron chi connectivity index (χ0n) is 7.99. The molecule has 0 saturated heterocycles. The molecule has 0 aliphatic heterocycles. The van der Waals surface area contributed by atoms with E-state index in [9.17, 15) is 0 Å². The number of nitrogens with one attached hydrogen (secondary N) is 1. The van der Waals surface area contributed by atoms with Gasteiger partial charge in [-0.3, -0.25) is 0 Å². The maximum Gasteiger partial charge on any atom is 0.109 e. The van der Waals surface area contributed by atoms with Gasteiger partial charge in [-0.15, -0.1) is 0 Å². The molecule has 0 spiro atoms. The Hall–Kier alpha value is -1.34. The second-order valence-corrected chi connectivity index (χ2v) is 3.01. The molecule has 1 heterocycles. The molecule has 70 valence electrons. The maximum absolute atomic E-state index is 8.51. The number of imidazole rings is 1. The fourth-order valence-corrected chi connectivity index (χ4v) is 1.08. The van der Waals surface area contributed by atoms with Gasteiger partial charge in [-0.05, 0) is 6.92 Å². The van der Waals surface area contributed by atoms with Gasteiger partial charge in [-0.25, -0.2) is 4.98 Å². The second kappa shape index (κ2) is 4.63. The van der Waals surface area contributed by atoms with Crippen LogP contribution in [0.3, 0.4) is 0 Å². The van der Waals surface area contributed by atoms with Crippen LogP contribution in [0.15, 0.2) is 12.4 Å². The predicted molar refractivity (Wildman–Crippen MR) is 50.0 cm³/mol. The van der Waals surface area contributed by atoms with Gasteiger partial charge in [0.25, 0.3) is 0 Å². The van der Waals surface area contributed by atoms with Crippen LogP contribution in [0.4, 0.5) is 0 Å². The number of rotatable bonds is 4. The lowest BCUT2D eigenvalue weighted by Gasteiger charge is -2.05. The molecule has 1 aromatic rings. The first-order valence-electron chi connectivity index (χ1n) is 4.33. The fraction of sp³-hybridized carbons (Fsp3) is 0.556. The smallest absolute Gasteiger partial charge is 0.109 e. The summed E-state index contributed by atoms with van der Waals surface area (Å²) in [4.78, 5) is 4.18. The molecule has 0 aromatic carbocycles. The molecular formula is C9H14N4. The average Bonchev–Trinajstić information content (AvgIpc) is 2.52. The van der Waals surface area contributed by atoms with Crippen molar-refractivity contribution in [2.45, 2.75) is 19.4 Å². The Balaban J connectivity index is 2.29. The maximum atomic E-state index is 8.51. The number of hydrogen-bond acceptors (Lipinski definition) is 3.